The van der Waals surface area contributed by atoms with Gasteiger partial charge >= 0.3 is 6.03 Å². The molecule has 1 aromatic carbocycles. The summed E-state index contributed by atoms with van der Waals surface area (Å²) in [4.78, 5) is 11.7. The van der Waals surface area contributed by atoms with Gasteiger partial charge in [0.25, 0.3) is 0 Å². The van der Waals surface area contributed by atoms with Gasteiger partial charge in [-0.05, 0) is 24.1 Å². The Morgan fingerprint density at radius 1 is 1.50 bits per heavy atom. The van der Waals surface area contributed by atoms with Gasteiger partial charge in [0.1, 0.15) is 5.82 Å². The molecule has 1 atom stereocenters. The summed E-state index contributed by atoms with van der Waals surface area (Å²) in [6.45, 7) is 3.77. The number of benzene rings is 1. The first-order valence-electron chi connectivity index (χ1n) is 6.17. The molecule has 104 valence electrons. The van der Waals surface area contributed by atoms with Gasteiger partial charge in [-0.2, -0.15) is 5.26 Å². The molecule has 0 fully saturated rings. The molecule has 1 aromatic rings. The fourth-order valence-corrected chi connectivity index (χ4v) is 1.55. The van der Waals surface area contributed by atoms with Gasteiger partial charge in [-0.25, -0.2) is 9.18 Å². The monoisotopic (exact) mass is 273 g/mol. The third-order valence-electron chi connectivity index (χ3n) is 2.75. The molecule has 0 bridgehead atoms. The number of hydrogen-bond donors (Lipinski definition) is 2. The molecule has 1 rings (SSSR count). The summed E-state index contributed by atoms with van der Waals surface area (Å²) >= 11 is 0. The summed E-state index contributed by atoms with van der Waals surface area (Å²) in [6.07, 6.45) is 5.30. The lowest BCUT2D eigenvalue weighted by Gasteiger charge is -2.17. The molecule has 0 aromatic heterocycles. The summed E-state index contributed by atoms with van der Waals surface area (Å²) < 4.78 is 13.5. The van der Waals surface area contributed by atoms with Crippen molar-refractivity contribution < 1.29 is 9.18 Å². The van der Waals surface area contributed by atoms with Gasteiger partial charge < -0.3 is 10.6 Å². The van der Waals surface area contributed by atoms with Crippen LogP contribution in [0.1, 0.15) is 25.0 Å². The van der Waals surface area contributed by atoms with Crippen molar-refractivity contribution in [2.45, 2.75) is 26.4 Å². The van der Waals surface area contributed by atoms with Gasteiger partial charge in [0.05, 0.1) is 17.7 Å². The zero-order valence-electron chi connectivity index (χ0n) is 11.4. The Hall–Kier alpha value is -2.53. The van der Waals surface area contributed by atoms with Gasteiger partial charge in [0.15, 0.2) is 0 Å². The molecule has 0 aliphatic carbocycles. The second kappa shape index (κ2) is 7.16. The summed E-state index contributed by atoms with van der Waals surface area (Å²) in [5.41, 5.74) is 0.591. The maximum atomic E-state index is 13.5. The molecule has 0 aliphatic rings. The molecule has 0 unspecified atom stereocenters. The molecule has 0 heterocycles. The van der Waals surface area contributed by atoms with Gasteiger partial charge in [0, 0.05) is 12.1 Å². The van der Waals surface area contributed by atoms with Crippen LogP contribution < -0.4 is 10.6 Å². The fraction of sp³-hybridized carbons (Fsp3) is 0.333. The van der Waals surface area contributed by atoms with E-state index in [1.807, 2.05) is 19.9 Å². The second-order valence-electron chi connectivity index (χ2n) is 4.63. The van der Waals surface area contributed by atoms with E-state index >= 15 is 0 Å². The van der Waals surface area contributed by atoms with E-state index in [0.29, 0.717) is 5.56 Å². The van der Waals surface area contributed by atoms with E-state index in [1.54, 1.807) is 0 Å². The van der Waals surface area contributed by atoms with Crippen molar-refractivity contribution in [1.82, 2.24) is 10.6 Å². The SMILES string of the molecule is C#C[C@H](NC(=O)NCc1cc(C#N)ccc1F)C(C)C. The summed E-state index contributed by atoms with van der Waals surface area (Å²) in [5.74, 6) is 2.10. The van der Waals surface area contributed by atoms with Crippen LogP contribution in [0.25, 0.3) is 0 Å². The molecule has 0 radical (unpaired) electrons. The predicted octanol–water partition coefficient (Wildman–Crippen LogP) is 2.15. The summed E-state index contributed by atoms with van der Waals surface area (Å²) in [7, 11) is 0. The van der Waals surface area contributed by atoms with Gasteiger partial charge in [-0.15, -0.1) is 6.42 Å². The minimum atomic E-state index is -0.471. The van der Waals surface area contributed by atoms with Crippen LogP contribution in [0.15, 0.2) is 18.2 Å². The van der Waals surface area contributed by atoms with Crippen molar-refractivity contribution in [2.24, 2.45) is 5.92 Å². The fourth-order valence-electron chi connectivity index (χ4n) is 1.55. The molecular formula is C15H16FN3O. The molecule has 2 N–H and O–H groups in total. The zero-order chi connectivity index (χ0) is 15.1. The number of nitriles is 1. The highest BCUT2D eigenvalue weighted by atomic mass is 19.1. The standard InChI is InChI=1S/C15H16FN3O/c1-4-14(10(2)3)19-15(20)18-9-12-7-11(8-17)5-6-13(12)16/h1,5-7,10,14H,9H2,2-3H3,(H2,18,19,20)/t14-/m0/s1. The topological polar surface area (TPSA) is 64.9 Å². The number of halogens is 1. The lowest BCUT2D eigenvalue weighted by atomic mass is 10.1. The Morgan fingerprint density at radius 3 is 2.75 bits per heavy atom. The number of carbonyl (C=O) groups is 1. The number of hydrogen-bond acceptors (Lipinski definition) is 2. The van der Waals surface area contributed by atoms with Crippen molar-refractivity contribution in [2.75, 3.05) is 0 Å². The smallest absolute Gasteiger partial charge is 0.316 e. The average molecular weight is 273 g/mol. The van der Waals surface area contributed by atoms with Gasteiger partial charge in [-0.3, -0.25) is 0 Å². The maximum Gasteiger partial charge on any atom is 0.316 e. The van der Waals surface area contributed by atoms with Crippen molar-refractivity contribution in [1.29, 1.82) is 5.26 Å². The third-order valence-corrected chi connectivity index (χ3v) is 2.75. The number of nitrogens with one attached hydrogen (secondary N) is 2. The molecule has 0 saturated carbocycles. The van der Waals surface area contributed by atoms with Crippen LogP contribution in [0.4, 0.5) is 9.18 Å². The molecule has 5 heteroatoms. The number of urea groups is 1. The first kappa shape index (κ1) is 15.5. The summed E-state index contributed by atoms with van der Waals surface area (Å²) in [5, 5.41) is 13.9. The quantitative estimate of drug-likeness (QED) is 0.826. The van der Waals surface area contributed by atoms with Crippen LogP contribution in [0.5, 0.6) is 0 Å². The molecule has 0 aliphatic heterocycles. The molecule has 2 amide bonds. The lowest BCUT2D eigenvalue weighted by Crippen LogP contribution is -2.43. The lowest BCUT2D eigenvalue weighted by molar-refractivity contribution is 0.236. The largest absolute Gasteiger partial charge is 0.334 e. The van der Waals surface area contributed by atoms with Crippen LogP contribution in [0, 0.1) is 35.4 Å². The van der Waals surface area contributed by atoms with Crippen molar-refractivity contribution in [3.8, 4) is 18.4 Å². The van der Waals surface area contributed by atoms with E-state index in [0.717, 1.165) is 0 Å². The van der Waals surface area contributed by atoms with E-state index in [1.165, 1.54) is 18.2 Å². The van der Waals surface area contributed by atoms with Gasteiger partial charge in [0.2, 0.25) is 0 Å². The van der Waals surface area contributed by atoms with Crippen molar-refractivity contribution >= 4 is 6.03 Å². The average Bonchev–Trinajstić information content (AvgIpc) is 2.43. The van der Waals surface area contributed by atoms with Crippen molar-refractivity contribution in [3.05, 3.63) is 35.1 Å². The molecule has 0 saturated heterocycles. The van der Waals surface area contributed by atoms with Crippen LogP contribution in [0.2, 0.25) is 0 Å². The second-order valence-corrected chi connectivity index (χ2v) is 4.63. The maximum absolute atomic E-state index is 13.5. The highest BCUT2D eigenvalue weighted by Crippen LogP contribution is 2.09. The van der Waals surface area contributed by atoms with Crippen LogP contribution in [-0.4, -0.2) is 12.1 Å². The molecule has 20 heavy (non-hydrogen) atoms. The van der Waals surface area contributed by atoms with Crippen LogP contribution >= 0.6 is 0 Å². The summed E-state index contributed by atoms with van der Waals surface area (Å²) in [6, 6.07) is 5.04. The zero-order valence-corrected chi connectivity index (χ0v) is 11.4. The van der Waals surface area contributed by atoms with E-state index in [9.17, 15) is 9.18 Å². The highest BCUT2D eigenvalue weighted by Gasteiger charge is 2.13. The van der Waals surface area contributed by atoms with E-state index in [-0.39, 0.29) is 24.1 Å². The minimum absolute atomic E-state index is 0.0113. The van der Waals surface area contributed by atoms with Crippen LogP contribution in [-0.2, 0) is 6.54 Å². The third kappa shape index (κ3) is 4.29. The highest BCUT2D eigenvalue weighted by molar-refractivity contribution is 5.74. The number of amides is 2. The first-order valence-corrected chi connectivity index (χ1v) is 6.17. The minimum Gasteiger partial charge on any atom is -0.334 e. The Morgan fingerprint density at radius 2 is 2.20 bits per heavy atom. The molecule has 4 nitrogen and oxygen atoms in total. The number of terminal acetylenes is 1. The predicted molar refractivity (Wildman–Crippen MR) is 73.9 cm³/mol. The molecular weight excluding hydrogens is 257 g/mol. The van der Waals surface area contributed by atoms with Crippen molar-refractivity contribution in [3.63, 3.8) is 0 Å². The van der Waals surface area contributed by atoms with E-state index < -0.39 is 11.8 Å². The molecule has 0 spiro atoms. The van der Waals surface area contributed by atoms with Gasteiger partial charge in [-0.1, -0.05) is 19.8 Å². The first-order chi connectivity index (χ1) is 9.47. The van der Waals surface area contributed by atoms with E-state index in [4.69, 9.17) is 11.7 Å². The number of nitrogens with zero attached hydrogens (tertiary/aromatic N) is 1. The number of carbonyl (C=O) groups excluding carboxylic acids is 1. The normalized spacial score (nSPS) is 11.3. The Labute approximate surface area is 118 Å². The Bertz CT molecular complexity index is 569. The Balaban J connectivity index is 2.62. The van der Waals surface area contributed by atoms with E-state index in [2.05, 4.69) is 16.6 Å². The Kier molecular flexibility index (Phi) is 5.56. The van der Waals surface area contributed by atoms with Crippen LogP contribution in [0.3, 0.4) is 0 Å². The number of rotatable bonds is 4.